The first-order valence-corrected chi connectivity index (χ1v) is 7.61. The summed E-state index contributed by atoms with van der Waals surface area (Å²) in [5.41, 5.74) is 2.66. The Hall–Kier alpha value is -2.92. The Morgan fingerprint density at radius 2 is 1.50 bits per heavy atom. The van der Waals surface area contributed by atoms with E-state index in [9.17, 15) is 14.4 Å². The Kier molecular flexibility index (Phi) is 4.44. The molecule has 1 heterocycles. The van der Waals surface area contributed by atoms with E-state index in [-0.39, 0.29) is 5.57 Å². The van der Waals surface area contributed by atoms with E-state index in [4.69, 9.17) is 11.6 Å². The fourth-order valence-electron chi connectivity index (χ4n) is 2.37. The lowest BCUT2D eigenvalue weighted by Crippen LogP contribution is -2.51. The number of urea groups is 1. The van der Waals surface area contributed by atoms with E-state index in [0.29, 0.717) is 17.0 Å². The molecule has 5 nitrogen and oxygen atoms in total. The summed E-state index contributed by atoms with van der Waals surface area (Å²) in [6, 6.07) is 14.2. The minimum absolute atomic E-state index is 0.103. The number of amides is 4. The molecule has 0 aromatic heterocycles. The van der Waals surface area contributed by atoms with Crippen LogP contribution in [0, 0.1) is 0 Å². The van der Waals surface area contributed by atoms with Crippen molar-refractivity contribution in [2.75, 3.05) is 0 Å². The highest BCUT2D eigenvalue weighted by Gasteiger charge is 2.27. The van der Waals surface area contributed by atoms with Crippen molar-refractivity contribution in [3.8, 4) is 0 Å². The van der Waals surface area contributed by atoms with Crippen LogP contribution in [-0.4, -0.2) is 17.8 Å². The zero-order valence-electron chi connectivity index (χ0n) is 12.5. The SMILES string of the molecule is O=C1NC(=O)C(=Cc2ccc(Cc3ccccc3Cl)cc2)C(=O)N1. The molecule has 0 saturated carbocycles. The molecule has 0 bridgehead atoms. The number of benzene rings is 2. The molecule has 0 unspecified atom stereocenters. The zero-order valence-corrected chi connectivity index (χ0v) is 13.3. The van der Waals surface area contributed by atoms with Crippen molar-refractivity contribution >= 4 is 35.5 Å². The van der Waals surface area contributed by atoms with E-state index in [2.05, 4.69) is 0 Å². The number of barbiturate groups is 1. The number of rotatable bonds is 3. The Morgan fingerprint density at radius 1 is 0.875 bits per heavy atom. The third-order valence-corrected chi connectivity index (χ3v) is 3.96. The molecule has 1 aliphatic heterocycles. The van der Waals surface area contributed by atoms with Gasteiger partial charge in [0.05, 0.1) is 0 Å². The van der Waals surface area contributed by atoms with Gasteiger partial charge in [-0.2, -0.15) is 0 Å². The van der Waals surface area contributed by atoms with Gasteiger partial charge in [0.25, 0.3) is 11.8 Å². The van der Waals surface area contributed by atoms with Crippen LogP contribution in [0.4, 0.5) is 4.79 Å². The summed E-state index contributed by atoms with van der Waals surface area (Å²) >= 11 is 6.15. The van der Waals surface area contributed by atoms with Crippen LogP contribution >= 0.6 is 11.6 Å². The standard InChI is InChI=1S/C18H13ClN2O3/c19-15-4-2-1-3-13(15)9-11-5-7-12(8-6-11)10-14-16(22)20-18(24)21-17(14)23/h1-8,10H,9H2,(H2,20,21,22,23,24). The zero-order chi connectivity index (χ0) is 17.1. The summed E-state index contributed by atoms with van der Waals surface area (Å²) in [7, 11) is 0. The van der Waals surface area contributed by atoms with Crippen LogP contribution in [0.15, 0.2) is 54.1 Å². The van der Waals surface area contributed by atoms with Crippen molar-refractivity contribution < 1.29 is 14.4 Å². The van der Waals surface area contributed by atoms with E-state index in [1.807, 2.05) is 47.0 Å². The van der Waals surface area contributed by atoms with Crippen molar-refractivity contribution in [1.82, 2.24) is 10.6 Å². The molecule has 1 saturated heterocycles. The predicted molar refractivity (Wildman–Crippen MR) is 90.4 cm³/mol. The number of carbonyl (C=O) groups is 3. The first kappa shape index (κ1) is 16.0. The van der Waals surface area contributed by atoms with Gasteiger partial charge in [-0.15, -0.1) is 0 Å². The largest absolute Gasteiger partial charge is 0.328 e. The lowest BCUT2D eigenvalue weighted by molar-refractivity contribution is -0.123. The van der Waals surface area contributed by atoms with Crippen LogP contribution in [0.2, 0.25) is 5.02 Å². The number of hydrogen-bond acceptors (Lipinski definition) is 3. The normalized spacial score (nSPS) is 14.2. The molecular weight excluding hydrogens is 328 g/mol. The summed E-state index contributed by atoms with van der Waals surface area (Å²) in [5.74, 6) is -1.41. The number of halogens is 1. The van der Waals surface area contributed by atoms with Gasteiger partial charge in [0.1, 0.15) is 5.57 Å². The lowest BCUT2D eigenvalue weighted by atomic mass is 10.0. The molecule has 0 spiro atoms. The maximum atomic E-state index is 11.7. The van der Waals surface area contributed by atoms with Crippen molar-refractivity contribution in [2.24, 2.45) is 0 Å². The van der Waals surface area contributed by atoms with Crippen LogP contribution in [0.25, 0.3) is 6.08 Å². The van der Waals surface area contributed by atoms with Gasteiger partial charge in [0.15, 0.2) is 0 Å². The monoisotopic (exact) mass is 340 g/mol. The molecule has 0 radical (unpaired) electrons. The Labute approximate surface area is 143 Å². The first-order valence-electron chi connectivity index (χ1n) is 7.23. The van der Waals surface area contributed by atoms with Crippen molar-refractivity contribution in [2.45, 2.75) is 6.42 Å². The van der Waals surface area contributed by atoms with E-state index in [1.54, 1.807) is 12.1 Å². The second-order valence-corrected chi connectivity index (χ2v) is 5.71. The predicted octanol–water partition coefficient (Wildman–Crippen LogP) is 2.68. The Bertz CT molecular complexity index is 835. The van der Waals surface area contributed by atoms with Crippen LogP contribution in [0.5, 0.6) is 0 Å². The summed E-state index contributed by atoms with van der Waals surface area (Å²) in [6.45, 7) is 0. The molecule has 0 aliphatic carbocycles. The van der Waals surface area contributed by atoms with Crippen LogP contribution in [-0.2, 0) is 16.0 Å². The molecule has 1 aliphatic rings. The maximum Gasteiger partial charge on any atom is 0.328 e. The molecule has 24 heavy (non-hydrogen) atoms. The molecule has 2 N–H and O–H groups in total. The van der Waals surface area contributed by atoms with Crippen LogP contribution in [0.3, 0.4) is 0 Å². The van der Waals surface area contributed by atoms with Crippen molar-refractivity contribution in [3.05, 3.63) is 75.8 Å². The lowest BCUT2D eigenvalue weighted by Gasteiger charge is -2.13. The summed E-state index contributed by atoms with van der Waals surface area (Å²) in [4.78, 5) is 34.4. The minimum atomic E-state index is -0.808. The summed E-state index contributed by atoms with van der Waals surface area (Å²) < 4.78 is 0. The average molecular weight is 341 g/mol. The molecule has 3 rings (SSSR count). The van der Waals surface area contributed by atoms with Gasteiger partial charge in [-0.3, -0.25) is 20.2 Å². The first-order chi connectivity index (χ1) is 11.5. The number of imide groups is 2. The number of nitrogens with one attached hydrogen (secondary N) is 2. The van der Waals surface area contributed by atoms with E-state index >= 15 is 0 Å². The third kappa shape index (κ3) is 3.52. The molecule has 2 aromatic carbocycles. The molecular formula is C18H13ClN2O3. The van der Waals surface area contributed by atoms with Gasteiger partial charge in [-0.05, 0) is 35.3 Å². The summed E-state index contributed by atoms with van der Waals surface area (Å²) in [5, 5.41) is 4.79. The average Bonchev–Trinajstić information content (AvgIpc) is 2.54. The second-order valence-electron chi connectivity index (χ2n) is 5.31. The molecule has 1 fully saturated rings. The molecule has 0 atom stereocenters. The third-order valence-electron chi connectivity index (χ3n) is 3.59. The highest BCUT2D eigenvalue weighted by molar-refractivity contribution is 6.31. The molecule has 4 amide bonds. The fraction of sp³-hybridized carbons (Fsp3) is 0.0556. The fourth-order valence-corrected chi connectivity index (χ4v) is 2.57. The van der Waals surface area contributed by atoms with Crippen LogP contribution in [0.1, 0.15) is 16.7 Å². The second kappa shape index (κ2) is 6.68. The smallest absolute Gasteiger partial charge is 0.273 e. The molecule has 120 valence electrons. The molecule has 2 aromatic rings. The number of hydrogen-bond donors (Lipinski definition) is 2. The van der Waals surface area contributed by atoms with E-state index in [0.717, 1.165) is 11.1 Å². The van der Waals surface area contributed by atoms with Gasteiger partial charge in [0.2, 0.25) is 0 Å². The van der Waals surface area contributed by atoms with Gasteiger partial charge in [-0.25, -0.2) is 4.79 Å². The van der Waals surface area contributed by atoms with Gasteiger partial charge in [-0.1, -0.05) is 54.1 Å². The van der Waals surface area contributed by atoms with Gasteiger partial charge in [0, 0.05) is 5.02 Å². The topological polar surface area (TPSA) is 75.3 Å². The quantitative estimate of drug-likeness (QED) is 0.666. The highest BCUT2D eigenvalue weighted by Crippen LogP contribution is 2.19. The maximum absolute atomic E-state index is 11.7. The van der Waals surface area contributed by atoms with E-state index in [1.165, 1.54) is 6.08 Å². The molecule has 6 heteroatoms. The Morgan fingerprint density at radius 3 is 2.12 bits per heavy atom. The van der Waals surface area contributed by atoms with Gasteiger partial charge < -0.3 is 0 Å². The van der Waals surface area contributed by atoms with Gasteiger partial charge >= 0.3 is 6.03 Å². The highest BCUT2D eigenvalue weighted by atomic mass is 35.5. The van der Waals surface area contributed by atoms with Crippen LogP contribution < -0.4 is 10.6 Å². The summed E-state index contributed by atoms with van der Waals surface area (Å²) in [6.07, 6.45) is 2.13. The van der Waals surface area contributed by atoms with E-state index < -0.39 is 17.8 Å². The van der Waals surface area contributed by atoms with Crippen molar-refractivity contribution in [3.63, 3.8) is 0 Å². The minimum Gasteiger partial charge on any atom is -0.273 e. The Balaban J connectivity index is 1.79. The van der Waals surface area contributed by atoms with Crippen molar-refractivity contribution in [1.29, 1.82) is 0 Å². The number of carbonyl (C=O) groups excluding carboxylic acids is 3.